The Kier molecular flexibility index (Phi) is 22.9. The Morgan fingerprint density at radius 2 is 1.29 bits per heavy atom. The quantitative estimate of drug-likeness (QED) is 0.427. The third-order valence-electron chi connectivity index (χ3n) is 0.756. The second-order valence-corrected chi connectivity index (χ2v) is 1.53. The molecule has 0 aromatic heterocycles. The molecule has 0 atom stereocenters. The molecule has 0 heterocycles. The Morgan fingerprint density at radius 1 is 1.00 bits per heavy atom. The van der Waals surface area contributed by atoms with Gasteiger partial charge in [-0.05, 0) is 12.1 Å². The summed E-state index contributed by atoms with van der Waals surface area (Å²) in [7, 11) is 0. The van der Waals surface area contributed by atoms with Crippen molar-refractivity contribution >= 4 is 12.9 Å². The van der Waals surface area contributed by atoms with Gasteiger partial charge in [0, 0.05) is 12.9 Å². The van der Waals surface area contributed by atoms with Crippen LogP contribution in [0, 0.1) is 0 Å². The molecule has 81 valence electrons. The molecule has 0 fully saturated rings. The summed E-state index contributed by atoms with van der Waals surface area (Å²) >= 11 is 0. The third-order valence-corrected chi connectivity index (χ3v) is 0.756. The molecule has 1 aromatic rings. The monoisotopic (exact) mass is 247 g/mol. The maximum atomic E-state index is 8.63. The van der Waals surface area contributed by atoms with Crippen molar-refractivity contribution in [1.82, 2.24) is 0 Å². The molecule has 1 rings (SSSR count). The summed E-state index contributed by atoms with van der Waals surface area (Å²) in [4.78, 5) is 16.5. The van der Waals surface area contributed by atoms with Gasteiger partial charge < -0.3 is 24.9 Å². The molecule has 1 N–H and O–H groups in total. The molecule has 0 amide bonds. The fraction of sp³-hybridized carbons (Fsp3) is 0. The minimum atomic E-state index is -0.500. The Labute approximate surface area is 91.5 Å². The number of aromatic hydroxyl groups is 1. The van der Waals surface area contributed by atoms with Crippen LogP contribution in [0.1, 0.15) is 0 Å². The number of benzene rings is 1. The average molecular weight is 248 g/mol. The fourth-order valence-corrected chi connectivity index (χ4v) is 0.428. The maximum Gasteiger partial charge on any atom is 2.00 e. The van der Waals surface area contributed by atoms with E-state index in [0.29, 0.717) is 5.75 Å². The van der Waals surface area contributed by atoms with Gasteiger partial charge >= 0.3 is 17.1 Å². The van der Waals surface area contributed by atoms with E-state index in [9.17, 15) is 0 Å². The van der Waals surface area contributed by atoms with E-state index in [2.05, 4.69) is 0 Å². The van der Waals surface area contributed by atoms with E-state index < -0.39 is 12.9 Å². The fourth-order valence-electron chi connectivity index (χ4n) is 0.428. The Bertz CT molecular complexity index is 208. The second kappa shape index (κ2) is 17.5. The summed E-state index contributed by atoms with van der Waals surface area (Å²) in [5.74, 6) is 0.322. The molecule has 0 spiro atoms. The van der Waals surface area contributed by atoms with Crippen LogP contribution >= 0.6 is 0 Å². The van der Waals surface area contributed by atoms with Crippen LogP contribution in [0.2, 0.25) is 0 Å². The van der Waals surface area contributed by atoms with E-state index in [-0.39, 0.29) is 17.1 Å². The van der Waals surface area contributed by atoms with Gasteiger partial charge in [0.05, 0.1) is 0 Å². The minimum absolute atomic E-state index is 0. The van der Waals surface area contributed by atoms with Crippen molar-refractivity contribution < 1.29 is 42.0 Å². The number of carbonyl (C=O) groups is 2. The molecule has 0 bridgehead atoms. The van der Waals surface area contributed by atoms with Gasteiger partial charge in [0.1, 0.15) is 5.75 Å². The van der Waals surface area contributed by atoms with Crippen molar-refractivity contribution in [1.29, 1.82) is 0 Å². The predicted molar refractivity (Wildman–Crippen MR) is 40.2 cm³/mol. The minimum Gasteiger partial charge on any atom is -0.554 e. The van der Waals surface area contributed by atoms with Crippen LogP contribution < -0.4 is 10.2 Å². The summed E-state index contributed by atoms with van der Waals surface area (Å²) in [6, 6.07) is 8.71. The summed E-state index contributed by atoms with van der Waals surface area (Å²) < 4.78 is 0. The SMILES string of the molecule is O=C[O-].O=C[O-].Oc1ccccc1.[Cu+2]. The van der Waals surface area contributed by atoms with Crippen LogP contribution in [-0.4, -0.2) is 18.1 Å². The van der Waals surface area contributed by atoms with Gasteiger partial charge in [-0.25, -0.2) is 0 Å². The summed E-state index contributed by atoms with van der Waals surface area (Å²) in [6.07, 6.45) is 0. The van der Waals surface area contributed by atoms with E-state index in [4.69, 9.17) is 24.9 Å². The zero-order valence-corrected chi connectivity index (χ0v) is 7.86. The van der Waals surface area contributed by atoms with Gasteiger partial charge in [0.2, 0.25) is 0 Å². The molecule has 0 unspecified atom stereocenters. The number of carbonyl (C=O) groups excluding carboxylic acids is 2. The van der Waals surface area contributed by atoms with Gasteiger partial charge in [0.25, 0.3) is 0 Å². The van der Waals surface area contributed by atoms with Gasteiger partial charge in [0.15, 0.2) is 0 Å². The second-order valence-electron chi connectivity index (χ2n) is 1.53. The van der Waals surface area contributed by atoms with Crippen LogP contribution in [0.15, 0.2) is 30.3 Å². The first kappa shape index (κ1) is 18.3. The van der Waals surface area contributed by atoms with Crippen LogP contribution in [-0.2, 0) is 26.7 Å². The predicted octanol–water partition coefficient (Wildman–Crippen LogP) is -1.88. The van der Waals surface area contributed by atoms with Crippen molar-refractivity contribution in [3.63, 3.8) is 0 Å². The Hall–Kier alpha value is -1.52. The van der Waals surface area contributed by atoms with E-state index in [1.807, 2.05) is 6.07 Å². The summed E-state index contributed by atoms with van der Waals surface area (Å²) in [5.41, 5.74) is 0. The summed E-state index contributed by atoms with van der Waals surface area (Å²) in [6.45, 7) is -1.00. The van der Waals surface area contributed by atoms with Crippen molar-refractivity contribution in [2.24, 2.45) is 0 Å². The zero-order chi connectivity index (χ0) is 10.5. The van der Waals surface area contributed by atoms with Crippen LogP contribution in [0.25, 0.3) is 0 Å². The normalized spacial score (nSPS) is 6.00. The third kappa shape index (κ3) is 22.4. The number of rotatable bonds is 0. The molecule has 0 saturated carbocycles. The van der Waals surface area contributed by atoms with E-state index in [1.54, 1.807) is 24.3 Å². The van der Waals surface area contributed by atoms with Gasteiger partial charge in [-0.1, -0.05) is 18.2 Å². The van der Waals surface area contributed by atoms with E-state index in [0.717, 1.165) is 0 Å². The number of phenolic OH excluding ortho intramolecular Hbond substituents is 1. The molecule has 14 heavy (non-hydrogen) atoms. The first-order chi connectivity index (χ1) is 6.22. The first-order valence-electron chi connectivity index (χ1n) is 3.08. The van der Waals surface area contributed by atoms with Crippen molar-refractivity contribution in [3.05, 3.63) is 30.3 Å². The van der Waals surface area contributed by atoms with Crippen molar-refractivity contribution in [2.45, 2.75) is 0 Å². The van der Waals surface area contributed by atoms with Gasteiger partial charge in [-0.3, -0.25) is 0 Å². The smallest absolute Gasteiger partial charge is 0.554 e. The molecular weight excluding hydrogens is 240 g/mol. The molecule has 1 radical (unpaired) electrons. The maximum absolute atomic E-state index is 8.63. The number of carboxylic acid groups (broad SMARTS) is 2. The van der Waals surface area contributed by atoms with Crippen LogP contribution in [0.3, 0.4) is 0 Å². The Morgan fingerprint density at radius 3 is 1.43 bits per heavy atom. The largest absolute Gasteiger partial charge is 2.00 e. The number of para-hydroxylation sites is 1. The van der Waals surface area contributed by atoms with Gasteiger partial charge in [-0.15, -0.1) is 0 Å². The van der Waals surface area contributed by atoms with Crippen LogP contribution in [0.4, 0.5) is 0 Å². The zero-order valence-electron chi connectivity index (χ0n) is 6.92. The molecule has 1 aromatic carbocycles. The Balaban J connectivity index is -0.000000150. The molecule has 0 aliphatic heterocycles. The van der Waals surface area contributed by atoms with E-state index in [1.165, 1.54) is 0 Å². The average Bonchev–Trinajstić information content (AvgIpc) is 2.08. The standard InChI is InChI=1S/C6H6O.2CH2O2.Cu/c7-6-4-2-1-3-5-6;2*2-1-3;/h1-5,7H;2*1H,(H,2,3);/q;;;+2/p-2. The van der Waals surface area contributed by atoms with E-state index >= 15 is 0 Å². The molecule has 0 aliphatic carbocycles. The molecule has 5 nitrogen and oxygen atoms in total. The molecule has 0 saturated heterocycles. The summed E-state index contributed by atoms with van der Waals surface area (Å²) in [5, 5.41) is 25.1. The number of hydrogen-bond donors (Lipinski definition) is 1. The molecule has 0 aliphatic rings. The van der Waals surface area contributed by atoms with Crippen molar-refractivity contribution in [3.8, 4) is 5.75 Å². The molecule has 6 heteroatoms. The number of phenols is 1. The first-order valence-corrected chi connectivity index (χ1v) is 3.08. The van der Waals surface area contributed by atoms with Crippen LogP contribution in [0.5, 0.6) is 5.75 Å². The van der Waals surface area contributed by atoms with Crippen molar-refractivity contribution in [2.75, 3.05) is 0 Å². The van der Waals surface area contributed by atoms with Gasteiger partial charge in [-0.2, -0.15) is 0 Å². The number of hydrogen-bond acceptors (Lipinski definition) is 5. The molecular formula is C8H8CuO5. The topological polar surface area (TPSA) is 100 Å².